The number of phenolic OH excluding ortho intramolecular Hbond substituents is 1. The van der Waals surface area contributed by atoms with Crippen molar-refractivity contribution in [3.63, 3.8) is 0 Å². The topological polar surface area (TPSA) is 133 Å². The van der Waals surface area contributed by atoms with Crippen LogP contribution in [0, 0.1) is 13.8 Å². The molecule has 0 spiro atoms. The predicted molar refractivity (Wildman–Crippen MR) is 120 cm³/mol. The summed E-state index contributed by atoms with van der Waals surface area (Å²) in [7, 11) is -3.86. The van der Waals surface area contributed by atoms with E-state index < -0.39 is 15.3 Å². The van der Waals surface area contributed by atoms with Gasteiger partial charge >= 0.3 is 0 Å². The van der Waals surface area contributed by atoms with E-state index in [1.54, 1.807) is 37.8 Å². The van der Waals surface area contributed by atoms with E-state index in [0.717, 1.165) is 5.56 Å². The summed E-state index contributed by atoms with van der Waals surface area (Å²) < 4.78 is 31.9. The summed E-state index contributed by atoms with van der Waals surface area (Å²) in [5.41, 5.74) is 0.726. The van der Waals surface area contributed by atoms with Crippen molar-refractivity contribution in [1.82, 2.24) is 14.4 Å². The van der Waals surface area contributed by atoms with E-state index in [9.17, 15) is 23.1 Å². The van der Waals surface area contributed by atoms with Crippen LogP contribution in [0.3, 0.4) is 0 Å². The van der Waals surface area contributed by atoms with Gasteiger partial charge in [0.05, 0.1) is 11.0 Å². The van der Waals surface area contributed by atoms with E-state index in [2.05, 4.69) is 10.5 Å². The molecule has 1 aliphatic heterocycles. The number of aromatic nitrogens is 1. The number of hydrogen-bond donors (Lipinski definition) is 2. The molecule has 0 saturated carbocycles. The van der Waals surface area contributed by atoms with Crippen molar-refractivity contribution in [2.75, 3.05) is 37.2 Å². The summed E-state index contributed by atoms with van der Waals surface area (Å²) in [5, 5.41) is 15.8. The molecular weight excluding hydrogens is 456 g/mol. The molecule has 1 aliphatic rings. The van der Waals surface area contributed by atoms with Crippen molar-refractivity contribution in [2.45, 2.75) is 30.9 Å². The average molecular weight is 483 g/mol. The van der Waals surface area contributed by atoms with Crippen LogP contribution < -0.4 is 5.32 Å². The Balaban J connectivity index is 1.49. The monoisotopic (exact) mass is 482 g/mol. The Hall–Kier alpha value is -2.57. The first kappa shape index (κ1) is 24.1. The van der Waals surface area contributed by atoms with Gasteiger partial charge in [-0.2, -0.15) is 4.31 Å². The molecule has 10 nitrogen and oxygen atoms in total. The normalized spacial score (nSPS) is 16.0. The number of carbonyl (C=O) groups is 2. The Bertz CT molecular complexity index is 1090. The SMILES string of the molecule is Cc1ccc(O)c(S(=O)(=O)N2CCN(C(=O)CSC(C)C(=O)Nc3cc(C)on3)CC2)c1. The van der Waals surface area contributed by atoms with Crippen LogP contribution in [-0.4, -0.2) is 76.9 Å². The largest absolute Gasteiger partial charge is 0.507 e. The second kappa shape index (κ2) is 9.92. The lowest BCUT2D eigenvalue weighted by molar-refractivity contribution is -0.129. The van der Waals surface area contributed by atoms with Gasteiger partial charge in [-0.25, -0.2) is 8.42 Å². The van der Waals surface area contributed by atoms with Crippen molar-refractivity contribution in [3.05, 3.63) is 35.6 Å². The number of sulfonamides is 1. The highest BCUT2D eigenvalue weighted by Crippen LogP contribution is 2.27. The molecule has 1 aromatic heterocycles. The van der Waals surface area contributed by atoms with Gasteiger partial charge in [0.2, 0.25) is 21.8 Å². The Morgan fingerprint density at radius 3 is 2.53 bits per heavy atom. The number of hydrogen-bond acceptors (Lipinski definition) is 8. The first-order valence-corrected chi connectivity index (χ1v) is 12.5. The van der Waals surface area contributed by atoms with E-state index in [1.807, 2.05) is 0 Å². The number of aromatic hydroxyl groups is 1. The highest BCUT2D eigenvalue weighted by atomic mass is 32.2. The minimum Gasteiger partial charge on any atom is -0.507 e. The number of thioether (sulfide) groups is 1. The van der Waals surface area contributed by atoms with Crippen molar-refractivity contribution in [3.8, 4) is 5.75 Å². The standard InChI is InChI=1S/C20H26N4O6S2/c1-13-4-5-16(25)17(10-13)32(28,29)24-8-6-23(7-9-24)19(26)12-31-15(3)20(27)21-18-11-14(2)30-22-18/h4-5,10-11,15,25H,6-9,12H2,1-3H3,(H,21,22,27). The van der Waals surface area contributed by atoms with Crippen molar-refractivity contribution in [1.29, 1.82) is 0 Å². The van der Waals surface area contributed by atoms with E-state index >= 15 is 0 Å². The third-order valence-corrected chi connectivity index (χ3v) is 8.09. The van der Waals surface area contributed by atoms with Gasteiger partial charge < -0.3 is 19.8 Å². The number of amides is 2. The lowest BCUT2D eigenvalue weighted by Gasteiger charge is -2.34. The Kier molecular flexibility index (Phi) is 7.47. The molecule has 3 rings (SSSR count). The van der Waals surface area contributed by atoms with Crippen LogP contribution in [0.5, 0.6) is 5.75 Å². The van der Waals surface area contributed by atoms with Gasteiger partial charge in [0.15, 0.2) is 5.82 Å². The van der Waals surface area contributed by atoms with E-state index in [4.69, 9.17) is 4.52 Å². The minimum absolute atomic E-state index is 0.0951. The Morgan fingerprint density at radius 2 is 1.91 bits per heavy atom. The number of piperazine rings is 1. The number of nitrogens with one attached hydrogen (secondary N) is 1. The van der Waals surface area contributed by atoms with Gasteiger partial charge in [0, 0.05) is 32.2 Å². The molecule has 0 bridgehead atoms. The third kappa shape index (κ3) is 5.61. The average Bonchev–Trinajstić information content (AvgIpc) is 3.17. The molecule has 12 heteroatoms. The summed E-state index contributed by atoms with van der Waals surface area (Å²) in [4.78, 5) is 26.2. The number of benzene rings is 1. The van der Waals surface area contributed by atoms with Gasteiger partial charge in [0.1, 0.15) is 16.4 Å². The second-order valence-corrected chi connectivity index (χ2v) is 10.8. The fourth-order valence-electron chi connectivity index (χ4n) is 3.16. The van der Waals surface area contributed by atoms with Crippen LogP contribution in [0.25, 0.3) is 0 Å². The molecule has 0 radical (unpaired) electrons. The molecule has 174 valence electrons. The molecule has 2 heterocycles. The highest BCUT2D eigenvalue weighted by Gasteiger charge is 2.32. The van der Waals surface area contributed by atoms with Crippen LogP contribution in [0.15, 0.2) is 33.7 Å². The number of phenols is 1. The number of aryl methyl sites for hydroxylation is 2. The quantitative estimate of drug-likeness (QED) is 0.608. The van der Waals surface area contributed by atoms with E-state index in [-0.39, 0.29) is 54.4 Å². The van der Waals surface area contributed by atoms with Crippen LogP contribution in [0.4, 0.5) is 5.82 Å². The maximum absolute atomic E-state index is 12.9. The lowest BCUT2D eigenvalue weighted by atomic mass is 10.2. The van der Waals surface area contributed by atoms with Crippen LogP contribution in [-0.2, 0) is 19.6 Å². The summed E-state index contributed by atoms with van der Waals surface area (Å²) in [6, 6.07) is 6.03. The first-order chi connectivity index (χ1) is 15.1. The van der Waals surface area contributed by atoms with Crippen LogP contribution in [0.2, 0.25) is 0 Å². The van der Waals surface area contributed by atoms with Crippen LogP contribution in [0.1, 0.15) is 18.2 Å². The van der Waals surface area contributed by atoms with Crippen molar-refractivity contribution < 1.29 is 27.6 Å². The van der Waals surface area contributed by atoms with Gasteiger partial charge in [-0.15, -0.1) is 11.8 Å². The summed E-state index contributed by atoms with van der Waals surface area (Å²) in [6.45, 7) is 5.91. The third-order valence-electron chi connectivity index (χ3n) is 5.03. The zero-order valence-corrected chi connectivity index (χ0v) is 19.7. The fourth-order valence-corrected chi connectivity index (χ4v) is 5.54. The molecule has 2 N–H and O–H groups in total. The molecule has 1 unspecified atom stereocenters. The molecule has 1 saturated heterocycles. The van der Waals surface area contributed by atoms with Crippen molar-refractivity contribution >= 4 is 39.4 Å². The smallest absolute Gasteiger partial charge is 0.246 e. The Morgan fingerprint density at radius 1 is 1.22 bits per heavy atom. The van der Waals surface area contributed by atoms with E-state index in [1.165, 1.54) is 28.2 Å². The van der Waals surface area contributed by atoms with Crippen molar-refractivity contribution in [2.24, 2.45) is 0 Å². The molecular formula is C20H26N4O6S2. The summed E-state index contributed by atoms with van der Waals surface area (Å²) >= 11 is 1.19. The summed E-state index contributed by atoms with van der Waals surface area (Å²) in [5.74, 6) is 0.251. The zero-order chi connectivity index (χ0) is 23.5. The molecule has 0 aliphatic carbocycles. The maximum atomic E-state index is 12.9. The predicted octanol–water partition coefficient (Wildman–Crippen LogP) is 1.59. The van der Waals surface area contributed by atoms with Gasteiger partial charge in [-0.05, 0) is 38.5 Å². The molecule has 32 heavy (non-hydrogen) atoms. The summed E-state index contributed by atoms with van der Waals surface area (Å²) in [6.07, 6.45) is 0. The molecule has 2 amide bonds. The van der Waals surface area contributed by atoms with Gasteiger partial charge in [-0.3, -0.25) is 9.59 Å². The van der Waals surface area contributed by atoms with Gasteiger partial charge in [-0.1, -0.05) is 11.2 Å². The number of nitrogens with zero attached hydrogens (tertiary/aromatic N) is 3. The van der Waals surface area contributed by atoms with E-state index in [0.29, 0.717) is 11.6 Å². The van der Waals surface area contributed by atoms with Crippen LogP contribution >= 0.6 is 11.8 Å². The second-order valence-electron chi connectivity index (χ2n) is 7.52. The zero-order valence-electron chi connectivity index (χ0n) is 18.1. The number of anilines is 1. The molecule has 2 aromatic rings. The first-order valence-electron chi connectivity index (χ1n) is 10.0. The molecule has 1 atom stereocenters. The number of carbonyl (C=O) groups excluding carboxylic acids is 2. The lowest BCUT2D eigenvalue weighted by Crippen LogP contribution is -2.51. The maximum Gasteiger partial charge on any atom is 0.246 e. The fraction of sp³-hybridized carbons (Fsp3) is 0.450. The minimum atomic E-state index is -3.86. The molecule has 1 fully saturated rings. The Labute approximate surface area is 191 Å². The highest BCUT2D eigenvalue weighted by molar-refractivity contribution is 8.01. The molecule has 1 aromatic carbocycles. The van der Waals surface area contributed by atoms with Gasteiger partial charge in [0.25, 0.3) is 0 Å². The number of rotatable bonds is 7.